The quantitative estimate of drug-likeness (QED) is 0.634. The molecule has 0 heterocycles. The summed E-state index contributed by atoms with van der Waals surface area (Å²) in [5.41, 5.74) is 0.391. The van der Waals surface area contributed by atoms with Gasteiger partial charge in [0, 0.05) is 6.61 Å². The van der Waals surface area contributed by atoms with E-state index in [1.165, 1.54) is 0 Å². The van der Waals surface area contributed by atoms with Crippen molar-refractivity contribution in [2.24, 2.45) is 5.41 Å². The van der Waals surface area contributed by atoms with E-state index in [0.717, 1.165) is 13.0 Å². The predicted octanol–water partition coefficient (Wildman–Crippen LogP) is 4.44. The van der Waals surface area contributed by atoms with Crippen molar-refractivity contribution in [3.8, 4) is 0 Å². The third-order valence-corrected chi connectivity index (χ3v) is 7.66. The van der Waals surface area contributed by atoms with E-state index in [2.05, 4.69) is 54.6 Å². The van der Waals surface area contributed by atoms with E-state index < -0.39 is 8.32 Å². The highest BCUT2D eigenvalue weighted by atomic mass is 28.4. The summed E-state index contributed by atoms with van der Waals surface area (Å²) in [7, 11) is -1.50. The van der Waals surface area contributed by atoms with Crippen molar-refractivity contribution in [2.45, 2.75) is 66.1 Å². The van der Waals surface area contributed by atoms with Crippen LogP contribution in [0.1, 0.15) is 48.0 Å². The maximum atomic E-state index is 6.11. The van der Waals surface area contributed by atoms with Crippen LogP contribution >= 0.6 is 0 Å². The zero-order valence-electron chi connectivity index (χ0n) is 11.3. The van der Waals surface area contributed by atoms with Crippen LogP contribution in [0.15, 0.2) is 0 Å². The Morgan fingerprint density at radius 1 is 0.929 bits per heavy atom. The van der Waals surface area contributed by atoms with Gasteiger partial charge in [-0.25, -0.2) is 0 Å². The van der Waals surface area contributed by atoms with Gasteiger partial charge < -0.3 is 4.43 Å². The lowest BCUT2D eigenvalue weighted by atomic mass is 9.93. The molecule has 2 heteroatoms. The molecule has 0 aromatic rings. The summed E-state index contributed by atoms with van der Waals surface area (Å²) in [5.74, 6) is 0. The molecule has 0 aliphatic heterocycles. The zero-order chi connectivity index (χ0) is 11.6. The van der Waals surface area contributed by atoms with Crippen molar-refractivity contribution >= 4 is 8.32 Å². The molecule has 0 amide bonds. The van der Waals surface area contributed by atoms with E-state index in [9.17, 15) is 0 Å². The highest BCUT2D eigenvalue weighted by Crippen LogP contribution is 2.37. The Morgan fingerprint density at radius 3 is 1.64 bits per heavy atom. The van der Waals surface area contributed by atoms with Gasteiger partial charge in [-0.3, -0.25) is 0 Å². The molecule has 0 rings (SSSR count). The van der Waals surface area contributed by atoms with Gasteiger partial charge in [-0.15, -0.1) is 0 Å². The first-order chi connectivity index (χ1) is 5.96. The Labute approximate surface area is 91.4 Å². The fourth-order valence-electron chi connectivity index (χ4n) is 0.829. The monoisotopic (exact) mass is 216 g/mol. The molecule has 0 spiro atoms. The maximum Gasteiger partial charge on any atom is 0.191 e. The summed E-state index contributed by atoms with van der Waals surface area (Å²) in [5, 5.41) is 0.338. The molecule has 0 saturated heterocycles. The first-order valence-electron chi connectivity index (χ1n) is 5.60. The van der Waals surface area contributed by atoms with Crippen LogP contribution in [0.3, 0.4) is 0 Å². The van der Waals surface area contributed by atoms with Crippen molar-refractivity contribution in [2.75, 3.05) is 6.61 Å². The molecule has 86 valence electrons. The zero-order valence-corrected chi connectivity index (χ0v) is 12.3. The third-order valence-electron chi connectivity index (χ3n) is 3.12. The Morgan fingerprint density at radius 2 is 1.36 bits per heavy atom. The number of hydrogen-bond donors (Lipinski definition) is 0. The lowest BCUT2D eigenvalue weighted by molar-refractivity contribution is 0.226. The fourth-order valence-corrected chi connectivity index (χ4v) is 1.87. The molecule has 0 aromatic carbocycles. The van der Waals surface area contributed by atoms with Crippen molar-refractivity contribution in [3.63, 3.8) is 0 Å². The minimum Gasteiger partial charge on any atom is -0.417 e. The number of hydrogen-bond acceptors (Lipinski definition) is 1. The molecule has 0 bridgehead atoms. The Bertz CT molecular complexity index is 172. The molecule has 0 aliphatic carbocycles. The van der Waals surface area contributed by atoms with Gasteiger partial charge in [-0.05, 0) is 30.0 Å². The Kier molecular flexibility index (Phi) is 4.41. The summed E-state index contributed by atoms with van der Waals surface area (Å²) in [6, 6.07) is 0. The van der Waals surface area contributed by atoms with Crippen molar-refractivity contribution in [3.05, 3.63) is 0 Å². The van der Waals surface area contributed by atoms with E-state index in [0.29, 0.717) is 10.5 Å². The molecule has 0 radical (unpaired) electrons. The van der Waals surface area contributed by atoms with Crippen LogP contribution in [-0.4, -0.2) is 14.9 Å². The molecule has 0 N–H and O–H groups in total. The van der Waals surface area contributed by atoms with E-state index in [1.807, 2.05) is 0 Å². The average Bonchev–Trinajstić information content (AvgIpc) is 1.80. The molecule has 0 fully saturated rings. The van der Waals surface area contributed by atoms with E-state index in [1.54, 1.807) is 0 Å². The average molecular weight is 216 g/mol. The van der Waals surface area contributed by atoms with Gasteiger partial charge in [0.2, 0.25) is 0 Å². The Hall–Kier alpha value is 0.177. The normalized spacial score (nSPS) is 14.6. The van der Waals surface area contributed by atoms with Gasteiger partial charge >= 0.3 is 0 Å². The Balaban J connectivity index is 4.02. The van der Waals surface area contributed by atoms with Crippen molar-refractivity contribution in [1.82, 2.24) is 0 Å². The van der Waals surface area contributed by atoms with Crippen LogP contribution in [0, 0.1) is 5.41 Å². The highest BCUT2D eigenvalue weighted by molar-refractivity contribution is 6.74. The standard InChI is InChI=1S/C12H28OSi/c1-11(2,3)9-10-13-14(7,8)12(4,5)6/h9-10H2,1-8H3. The SMILES string of the molecule is CC(C)(C)CCO[Si](C)(C)C(C)(C)C. The van der Waals surface area contributed by atoms with Gasteiger partial charge in [0.15, 0.2) is 8.32 Å². The molecule has 0 aliphatic rings. The summed E-state index contributed by atoms with van der Waals surface area (Å²) >= 11 is 0. The summed E-state index contributed by atoms with van der Waals surface area (Å²) in [4.78, 5) is 0. The largest absolute Gasteiger partial charge is 0.417 e. The van der Waals surface area contributed by atoms with Crippen LogP contribution in [-0.2, 0) is 4.43 Å². The highest BCUT2D eigenvalue weighted by Gasteiger charge is 2.37. The second-order valence-corrected chi connectivity index (χ2v) is 11.7. The third kappa shape index (κ3) is 5.16. The number of rotatable bonds is 3. The van der Waals surface area contributed by atoms with Crippen molar-refractivity contribution < 1.29 is 4.43 Å². The topological polar surface area (TPSA) is 9.23 Å². The minimum atomic E-state index is -1.50. The summed E-state index contributed by atoms with van der Waals surface area (Å²) in [6.07, 6.45) is 1.15. The summed E-state index contributed by atoms with van der Waals surface area (Å²) in [6.45, 7) is 19.2. The molecule has 0 aromatic heterocycles. The predicted molar refractivity (Wildman–Crippen MR) is 67.2 cm³/mol. The van der Waals surface area contributed by atoms with Crippen LogP contribution in [0.25, 0.3) is 0 Å². The molecular formula is C12H28OSi. The van der Waals surface area contributed by atoms with Gasteiger partial charge in [0.05, 0.1) is 0 Å². The van der Waals surface area contributed by atoms with Gasteiger partial charge in [-0.1, -0.05) is 41.5 Å². The van der Waals surface area contributed by atoms with Crippen molar-refractivity contribution in [1.29, 1.82) is 0 Å². The molecule has 0 unspecified atom stereocenters. The van der Waals surface area contributed by atoms with Gasteiger partial charge in [-0.2, -0.15) is 0 Å². The molecule has 1 nitrogen and oxygen atoms in total. The lowest BCUT2D eigenvalue weighted by Crippen LogP contribution is -2.41. The van der Waals surface area contributed by atoms with Gasteiger partial charge in [0.25, 0.3) is 0 Å². The molecule has 14 heavy (non-hydrogen) atoms. The first-order valence-corrected chi connectivity index (χ1v) is 8.50. The lowest BCUT2D eigenvalue weighted by Gasteiger charge is -2.37. The first kappa shape index (κ1) is 14.2. The molecular weight excluding hydrogens is 188 g/mol. The van der Waals surface area contributed by atoms with E-state index >= 15 is 0 Å². The van der Waals surface area contributed by atoms with Crippen LogP contribution < -0.4 is 0 Å². The van der Waals surface area contributed by atoms with Crippen LogP contribution in [0.5, 0.6) is 0 Å². The minimum absolute atomic E-state index is 0.338. The van der Waals surface area contributed by atoms with E-state index in [4.69, 9.17) is 4.43 Å². The van der Waals surface area contributed by atoms with Gasteiger partial charge in [0.1, 0.15) is 0 Å². The summed E-state index contributed by atoms with van der Waals surface area (Å²) < 4.78 is 6.11. The second kappa shape index (κ2) is 4.36. The molecule has 0 saturated carbocycles. The van der Waals surface area contributed by atoms with Crippen LogP contribution in [0.2, 0.25) is 18.1 Å². The second-order valence-electron chi connectivity index (χ2n) is 6.92. The fraction of sp³-hybridized carbons (Fsp3) is 1.00. The van der Waals surface area contributed by atoms with E-state index in [-0.39, 0.29) is 0 Å². The van der Waals surface area contributed by atoms with Crippen LogP contribution in [0.4, 0.5) is 0 Å². The molecule has 0 atom stereocenters. The maximum absolute atomic E-state index is 6.11. The smallest absolute Gasteiger partial charge is 0.191 e.